The van der Waals surface area contributed by atoms with E-state index in [2.05, 4.69) is 53.7 Å². The third-order valence-corrected chi connectivity index (χ3v) is 4.87. The predicted octanol–water partition coefficient (Wildman–Crippen LogP) is 4.41. The van der Waals surface area contributed by atoms with Gasteiger partial charge in [0, 0.05) is 10.9 Å². The zero-order chi connectivity index (χ0) is 13.5. The van der Waals surface area contributed by atoms with Crippen LogP contribution >= 0.6 is 27.3 Å². The number of hydrogen-bond donors (Lipinski definition) is 1. The molecule has 0 saturated heterocycles. The number of rotatable bonds is 8. The van der Waals surface area contributed by atoms with E-state index >= 15 is 0 Å². The average Bonchev–Trinajstić information content (AvgIpc) is 2.76. The molecule has 1 rings (SSSR count). The fraction of sp³-hybridized carbons (Fsp3) is 0.714. The molecule has 0 saturated carbocycles. The van der Waals surface area contributed by atoms with Crippen LogP contribution in [0.15, 0.2) is 15.9 Å². The van der Waals surface area contributed by atoms with Crippen LogP contribution in [0.4, 0.5) is 0 Å². The van der Waals surface area contributed by atoms with Crippen LogP contribution in [-0.4, -0.2) is 24.0 Å². The molecule has 104 valence electrons. The van der Waals surface area contributed by atoms with Crippen LogP contribution in [0.5, 0.6) is 0 Å². The van der Waals surface area contributed by atoms with Gasteiger partial charge in [0.25, 0.3) is 0 Å². The minimum atomic E-state index is 0.216. The Morgan fingerprint density at radius 1 is 1.22 bits per heavy atom. The van der Waals surface area contributed by atoms with E-state index in [1.807, 2.05) is 11.3 Å². The fourth-order valence-corrected chi connectivity index (χ4v) is 3.97. The lowest BCUT2D eigenvalue weighted by Gasteiger charge is -2.34. The number of nitrogens with two attached hydrogens (primary N) is 1. The van der Waals surface area contributed by atoms with Gasteiger partial charge in [0.2, 0.25) is 0 Å². The zero-order valence-electron chi connectivity index (χ0n) is 11.7. The Bertz CT molecular complexity index is 334. The van der Waals surface area contributed by atoms with Gasteiger partial charge in [-0.25, -0.2) is 0 Å². The molecule has 0 aromatic carbocycles. The van der Waals surface area contributed by atoms with Crippen LogP contribution in [0.2, 0.25) is 0 Å². The maximum absolute atomic E-state index is 6.37. The van der Waals surface area contributed by atoms with Crippen LogP contribution in [0.25, 0.3) is 0 Å². The van der Waals surface area contributed by atoms with Crippen molar-refractivity contribution in [2.24, 2.45) is 5.73 Å². The largest absolute Gasteiger partial charge is 0.326 e. The van der Waals surface area contributed by atoms with E-state index in [-0.39, 0.29) is 6.04 Å². The number of nitrogens with zero attached hydrogens (tertiary/aromatic N) is 1. The monoisotopic (exact) mass is 332 g/mol. The molecule has 1 heterocycles. The molecule has 0 amide bonds. The van der Waals surface area contributed by atoms with Gasteiger partial charge < -0.3 is 5.73 Å². The summed E-state index contributed by atoms with van der Waals surface area (Å²) in [6.07, 6.45) is 3.38. The van der Waals surface area contributed by atoms with Gasteiger partial charge in [-0.15, -0.1) is 11.3 Å². The SMILES string of the molecule is CCCN(CCC)C(c1ccc(Br)s1)C(N)CC. The molecule has 0 bridgehead atoms. The topological polar surface area (TPSA) is 29.3 Å². The Balaban J connectivity index is 2.94. The molecule has 2 unspecified atom stereocenters. The quantitative estimate of drug-likeness (QED) is 0.763. The van der Waals surface area contributed by atoms with E-state index in [1.165, 1.54) is 21.5 Å². The van der Waals surface area contributed by atoms with E-state index in [9.17, 15) is 0 Å². The van der Waals surface area contributed by atoms with Crippen molar-refractivity contribution >= 4 is 27.3 Å². The zero-order valence-corrected chi connectivity index (χ0v) is 14.1. The van der Waals surface area contributed by atoms with E-state index in [4.69, 9.17) is 5.73 Å². The summed E-state index contributed by atoms with van der Waals surface area (Å²) in [4.78, 5) is 3.94. The van der Waals surface area contributed by atoms with Crippen LogP contribution in [-0.2, 0) is 0 Å². The highest BCUT2D eigenvalue weighted by molar-refractivity contribution is 9.11. The van der Waals surface area contributed by atoms with E-state index in [0.29, 0.717) is 6.04 Å². The van der Waals surface area contributed by atoms with Gasteiger partial charge in [0.1, 0.15) is 0 Å². The van der Waals surface area contributed by atoms with Gasteiger partial charge in [-0.05, 0) is 60.4 Å². The first kappa shape index (κ1) is 16.2. The molecule has 4 heteroatoms. The minimum Gasteiger partial charge on any atom is -0.326 e. The van der Waals surface area contributed by atoms with E-state index in [1.54, 1.807) is 0 Å². The lowest BCUT2D eigenvalue weighted by Crippen LogP contribution is -2.41. The first-order chi connectivity index (χ1) is 8.63. The second kappa shape index (κ2) is 8.31. The van der Waals surface area contributed by atoms with Gasteiger partial charge in [-0.1, -0.05) is 20.8 Å². The maximum atomic E-state index is 6.37. The molecule has 0 aliphatic carbocycles. The standard InChI is InChI=1S/C14H25BrN2S/c1-4-9-17(10-5-2)14(11(16)6-3)12-7-8-13(15)18-12/h7-8,11,14H,4-6,9-10,16H2,1-3H3. The molecule has 0 aliphatic heterocycles. The molecule has 1 aromatic heterocycles. The third kappa shape index (κ3) is 4.34. The highest BCUT2D eigenvalue weighted by Crippen LogP contribution is 2.33. The van der Waals surface area contributed by atoms with Gasteiger partial charge >= 0.3 is 0 Å². The molecule has 1 aromatic rings. The van der Waals surface area contributed by atoms with Crippen molar-refractivity contribution in [2.75, 3.05) is 13.1 Å². The van der Waals surface area contributed by atoms with Crippen LogP contribution in [0.3, 0.4) is 0 Å². The smallest absolute Gasteiger partial charge is 0.0702 e. The van der Waals surface area contributed by atoms with Gasteiger partial charge in [0.05, 0.1) is 9.83 Å². The molecule has 2 N–H and O–H groups in total. The fourth-order valence-electron chi connectivity index (χ4n) is 2.34. The Morgan fingerprint density at radius 3 is 2.22 bits per heavy atom. The van der Waals surface area contributed by atoms with Crippen LogP contribution in [0.1, 0.15) is 51.0 Å². The summed E-state index contributed by atoms with van der Waals surface area (Å²) in [5.41, 5.74) is 6.37. The summed E-state index contributed by atoms with van der Waals surface area (Å²) in [5, 5.41) is 0. The highest BCUT2D eigenvalue weighted by atomic mass is 79.9. The molecule has 0 spiro atoms. The van der Waals surface area contributed by atoms with E-state index in [0.717, 1.165) is 19.5 Å². The molecular formula is C14H25BrN2S. The lowest BCUT2D eigenvalue weighted by molar-refractivity contribution is 0.172. The number of hydrogen-bond acceptors (Lipinski definition) is 3. The maximum Gasteiger partial charge on any atom is 0.0702 e. The van der Waals surface area contributed by atoms with Crippen molar-refractivity contribution in [1.29, 1.82) is 0 Å². The average molecular weight is 333 g/mol. The predicted molar refractivity (Wildman–Crippen MR) is 85.2 cm³/mol. The Kier molecular flexibility index (Phi) is 7.46. The highest BCUT2D eigenvalue weighted by Gasteiger charge is 2.25. The van der Waals surface area contributed by atoms with Crippen molar-refractivity contribution in [3.63, 3.8) is 0 Å². The van der Waals surface area contributed by atoms with Crippen LogP contribution < -0.4 is 5.73 Å². The summed E-state index contributed by atoms with van der Waals surface area (Å²) in [6.45, 7) is 8.91. The number of halogens is 1. The molecule has 18 heavy (non-hydrogen) atoms. The first-order valence-electron chi connectivity index (χ1n) is 6.88. The second-order valence-electron chi connectivity index (χ2n) is 4.69. The summed E-state index contributed by atoms with van der Waals surface area (Å²) < 4.78 is 1.19. The lowest BCUT2D eigenvalue weighted by atomic mass is 10.0. The van der Waals surface area contributed by atoms with Gasteiger partial charge in [-0.2, -0.15) is 0 Å². The Morgan fingerprint density at radius 2 is 1.83 bits per heavy atom. The molecule has 0 fully saturated rings. The summed E-state index contributed by atoms with van der Waals surface area (Å²) in [5.74, 6) is 0. The van der Waals surface area contributed by atoms with Gasteiger partial charge in [-0.3, -0.25) is 4.90 Å². The minimum absolute atomic E-state index is 0.216. The van der Waals surface area contributed by atoms with Crippen molar-refractivity contribution in [1.82, 2.24) is 4.90 Å². The van der Waals surface area contributed by atoms with Crippen molar-refractivity contribution in [3.8, 4) is 0 Å². The molecular weight excluding hydrogens is 308 g/mol. The first-order valence-corrected chi connectivity index (χ1v) is 8.49. The van der Waals surface area contributed by atoms with Crippen molar-refractivity contribution < 1.29 is 0 Å². The summed E-state index contributed by atoms with van der Waals surface area (Å²) in [6, 6.07) is 4.93. The Labute approximate surface area is 124 Å². The molecule has 2 nitrogen and oxygen atoms in total. The van der Waals surface area contributed by atoms with Gasteiger partial charge in [0.15, 0.2) is 0 Å². The van der Waals surface area contributed by atoms with Crippen LogP contribution in [0, 0.1) is 0 Å². The van der Waals surface area contributed by atoms with Crippen molar-refractivity contribution in [3.05, 3.63) is 20.8 Å². The van der Waals surface area contributed by atoms with Crippen molar-refractivity contribution in [2.45, 2.75) is 52.1 Å². The summed E-state index contributed by atoms with van der Waals surface area (Å²) >= 11 is 5.37. The third-order valence-electron chi connectivity index (χ3n) is 3.18. The molecule has 0 aliphatic rings. The number of thiophene rings is 1. The Hall–Kier alpha value is 0.1000. The normalized spacial score (nSPS) is 15.0. The molecule has 2 atom stereocenters. The second-order valence-corrected chi connectivity index (χ2v) is 7.19. The van der Waals surface area contributed by atoms with E-state index < -0.39 is 0 Å². The molecule has 0 radical (unpaired) electrons. The summed E-state index contributed by atoms with van der Waals surface area (Å²) in [7, 11) is 0.